The average Bonchev–Trinajstić information content (AvgIpc) is 2.59. The highest BCUT2D eigenvalue weighted by molar-refractivity contribution is 4.93. The van der Waals surface area contributed by atoms with E-state index in [9.17, 15) is 5.11 Å². The Bertz CT molecular complexity index is 275. The minimum Gasteiger partial charge on any atom is -0.393 e. The maximum absolute atomic E-state index is 9.68. The lowest BCUT2D eigenvalue weighted by molar-refractivity contribution is 0.114. The van der Waals surface area contributed by atoms with Crippen LogP contribution in [0.25, 0.3) is 0 Å². The van der Waals surface area contributed by atoms with Crippen LogP contribution in [-0.2, 0) is 18.2 Å². The summed E-state index contributed by atoms with van der Waals surface area (Å²) in [6.07, 6.45) is 3.68. The molecule has 5 heteroatoms. The van der Waals surface area contributed by atoms with E-state index in [4.69, 9.17) is 4.74 Å². The first-order valence-electron chi connectivity index (χ1n) is 5.33. The van der Waals surface area contributed by atoms with Crippen molar-refractivity contribution in [1.82, 2.24) is 15.0 Å². The Morgan fingerprint density at radius 2 is 2.40 bits per heavy atom. The molecule has 15 heavy (non-hydrogen) atoms. The molecule has 0 aliphatic carbocycles. The molecule has 0 saturated heterocycles. The van der Waals surface area contributed by atoms with Crippen molar-refractivity contribution in [2.24, 2.45) is 7.05 Å². The first-order chi connectivity index (χ1) is 7.22. The average molecular weight is 213 g/mol. The zero-order chi connectivity index (χ0) is 11.1. The van der Waals surface area contributed by atoms with Gasteiger partial charge in [0.2, 0.25) is 0 Å². The summed E-state index contributed by atoms with van der Waals surface area (Å²) in [4.78, 5) is 0. The molecule has 1 aromatic rings. The number of nitrogens with zero attached hydrogens (tertiary/aromatic N) is 3. The van der Waals surface area contributed by atoms with Crippen LogP contribution in [0.2, 0.25) is 0 Å². The molecule has 1 atom stereocenters. The van der Waals surface area contributed by atoms with Crippen molar-refractivity contribution in [2.45, 2.75) is 32.3 Å². The molecule has 0 saturated carbocycles. The number of hydrogen-bond donors (Lipinski definition) is 1. The van der Waals surface area contributed by atoms with Crippen LogP contribution in [0.15, 0.2) is 6.20 Å². The second-order valence-electron chi connectivity index (χ2n) is 3.58. The quantitative estimate of drug-likeness (QED) is 0.671. The fraction of sp³-hybridized carbons (Fsp3) is 0.800. The van der Waals surface area contributed by atoms with Crippen LogP contribution in [0, 0.1) is 0 Å². The third-order valence-electron chi connectivity index (χ3n) is 2.13. The van der Waals surface area contributed by atoms with Gasteiger partial charge in [-0.15, -0.1) is 5.10 Å². The molecule has 5 nitrogen and oxygen atoms in total. The van der Waals surface area contributed by atoms with Crippen LogP contribution in [0.1, 0.15) is 25.5 Å². The Morgan fingerprint density at radius 1 is 1.60 bits per heavy atom. The third kappa shape index (κ3) is 4.90. The monoisotopic (exact) mass is 213 g/mol. The molecule has 86 valence electrons. The molecule has 0 amide bonds. The van der Waals surface area contributed by atoms with E-state index < -0.39 is 0 Å². The lowest BCUT2D eigenvalue weighted by atomic mass is 10.1. The molecule has 0 aliphatic heterocycles. The van der Waals surface area contributed by atoms with Crippen LogP contribution in [0.5, 0.6) is 0 Å². The molecule has 0 spiro atoms. The molecular formula is C10H19N3O2. The number of ether oxygens (including phenoxy) is 1. The van der Waals surface area contributed by atoms with Gasteiger partial charge in [-0.3, -0.25) is 4.68 Å². The number of hydrogen-bond acceptors (Lipinski definition) is 4. The molecule has 1 heterocycles. The predicted molar refractivity (Wildman–Crippen MR) is 56.4 cm³/mol. The summed E-state index contributed by atoms with van der Waals surface area (Å²) >= 11 is 0. The second-order valence-corrected chi connectivity index (χ2v) is 3.58. The van der Waals surface area contributed by atoms with E-state index in [1.807, 2.05) is 20.2 Å². The van der Waals surface area contributed by atoms with Gasteiger partial charge in [-0.05, 0) is 19.8 Å². The first-order valence-corrected chi connectivity index (χ1v) is 5.33. The van der Waals surface area contributed by atoms with Gasteiger partial charge in [0.1, 0.15) is 0 Å². The lowest BCUT2D eigenvalue weighted by Crippen LogP contribution is -2.12. The first kappa shape index (κ1) is 12.1. The zero-order valence-corrected chi connectivity index (χ0v) is 9.39. The molecule has 1 unspecified atom stereocenters. The van der Waals surface area contributed by atoms with Gasteiger partial charge >= 0.3 is 0 Å². The number of rotatable bonds is 7. The Labute approximate surface area is 90.1 Å². The molecule has 0 aromatic carbocycles. The van der Waals surface area contributed by atoms with E-state index in [-0.39, 0.29) is 6.10 Å². The summed E-state index contributed by atoms with van der Waals surface area (Å²) in [6.45, 7) is 3.42. The number of aliphatic hydroxyl groups is 1. The van der Waals surface area contributed by atoms with Crippen molar-refractivity contribution in [3.63, 3.8) is 0 Å². The number of aliphatic hydroxyl groups excluding tert-OH is 1. The minimum absolute atomic E-state index is 0.345. The van der Waals surface area contributed by atoms with Crippen LogP contribution in [-0.4, -0.2) is 39.4 Å². The molecule has 1 aromatic heterocycles. The fourth-order valence-electron chi connectivity index (χ4n) is 1.40. The summed E-state index contributed by atoms with van der Waals surface area (Å²) in [6, 6.07) is 0. The van der Waals surface area contributed by atoms with E-state index in [2.05, 4.69) is 10.3 Å². The topological polar surface area (TPSA) is 60.2 Å². The summed E-state index contributed by atoms with van der Waals surface area (Å²) in [5.41, 5.74) is 0.835. The smallest absolute Gasteiger partial charge is 0.0852 e. The van der Waals surface area contributed by atoms with Crippen molar-refractivity contribution in [1.29, 1.82) is 0 Å². The van der Waals surface area contributed by atoms with Crippen molar-refractivity contribution >= 4 is 0 Å². The van der Waals surface area contributed by atoms with Gasteiger partial charge in [0.05, 0.1) is 11.8 Å². The predicted octanol–water partition coefficient (Wildman–Crippen LogP) is 0.535. The fourth-order valence-corrected chi connectivity index (χ4v) is 1.40. The standard InChI is InChI=1S/C10H19N3O2/c1-3-15-6-4-5-10(14)7-9-8-13(2)12-11-9/h8,10,14H,3-7H2,1-2H3. The Balaban J connectivity index is 2.15. The van der Waals surface area contributed by atoms with Crippen molar-refractivity contribution in [2.75, 3.05) is 13.2 Å². The maximum atomic E-state index is 9.68. The van der Waals surface area contributed by atoms with Gasteiger partial charge in [-0.25, -0.2) is 0 Å². The molecule has 0 fully saturated rings. The van der Waals surface area contributed by atoms with E-state index in [1.54, 1.807) is 4.68 Å². The summed E-state index contributed by atoms with van der Waals surface area (Å²) in [7, 11) is 1.82. The van der Waals surface area contributed by atoms with Gasteiger partial charge in [-0.2, -0.15) is 0 Å². The SMILES string of the molecule is CCOCCCC(O)Cc1cn(C)nn1. The van der Waals surface area contributed by atoms with Crippen LogP contribution >= 0.6 is 0 Å². The summed E-state index contributed by atoms with van der Waals surface area (Å²) in [5.74, 6) is 0. The highest BCUT2D eigenvalue weighted by Gasteiger charge is 2.07. The van der Waals surface area contributed by atoms with Gasteiger partial charge < -0.3 is 9.84 Å². The van der Waals surface area contributed by atoms with Crippen molar-refractivity contribution in [3.8, 4) is 0 Å². The molecule has 0 bridgehead atoms. The molecule has 1 N–H and O–H groups in total. The molecular weight excluding hydrogens is 194 g/mol. The van der Waals surface area contributed by atoms with E-state index >= 15 is 0 Å². The van der Waals surface area contributed by atoms with Gasteiger partial charge in [0, 0.05) is 32.9 Å². The van der Waals surface area contributed by atoms with Crippen molar-refractivity contribution in [3.05, 3.63) is 11.9 Å². The Morgan fingerprint density at radius 3 is 3.00 bits per heavy atom. The van der Waals surface area contributed by atoms with Crippen LogP contribution < -0.4 is 0 Å². The minimum atomic E-state index is -0.345. The highest BCUT2D eigenvalue weighted by Crippen LogP contribution is 2.04. The number of aryl methyl sites for hydroxylation is 1. The Kier molecular flexibility index (Phi) is 5.28. The normalized spacial score (nSPS) is 13.0. The van der Waals surface area contributed by atoms with Gasteiger partial charge in [0.25, 0.3) is 0 Å². The molecule has 1 rings (SSSR count). The van der Waals surface area contributed by atoms with Crippen LogP contribution in [0.3, 0.4) is 0 Å². The van der Waals surface area contributed by atoms with Gasteiger partial charge in [0.15, 0.2) is 0 Å². The lowest BCUT2D eigenvalue weighted by Gasteiger charge is -2.07. The van der Waals surface area contributed by atoms with E-state index in [0.717, 1.165) is 25.1 Å². The third-order valence-corrected chi connectivity index (χ3v) is 2.13. The van der Waals surface area contributed by atoms with Crippen LogP contribution in [0.4, 0.5) is 0 Å². The molecule has 0 radical (unpaired) electrons. The maximum Gasteiger partial charge on any atom is 0.0852 e. The van der Waals surface area contributed by atoms with Crippen molar-refractivity contribution < 1.29 is 9.84 Å². The zero-order valence-electron chi connectivity index (χ0n) is 9.39. The molecule has 0 aliphatic rings. The van der Waals surface area contributed by atoms with Gasteiger partial charge in [-0.1, -0.05) is 5.21 Å². The highest BCUT2D eigenvalue weighted by atomic mass is 16.5. The number of aromatic nitrogens is 3. The van der Waals surface area contributed by atoms with E-state index in [0.29, 0.717) is 13.0 Å². The Hall–Kier alpha value is -0.940. The largest absolute Gasteiger partial charge is 0.393 e. The summed E-state index contributed by atoms with van der Waals surface area (Å²) < 4.78 is 6.84. The second kappa shape index (κ2) is 6.53. The van der Waals surface area contributed by atoms with E-state index in [1.165, 1.54) is 0 Å². The summed E-state index contributed by atoms with van der Waals surface area (Å²) in [5, 5.41) is 17.4.